The van der Waals surface area contributed by atoms with E-state index in [4.69, 9.17) is 4.74 Å². The highest BCUT2D eigenvalue weighted by Crippen LogP contribution is 2.32. The molecule has 10 heteroatoms. The Balaban J connectivity index is 1.19. The summed E-state index contributed by atoms with van der Waals surface area (Å²) in [4.78, 5) is 49.4. The molecule has 0 spiro atoms. The Morgan fingerprint density at radius 1 is 1.05 bits per heavy atom. The van der Waals surface area contributed by atoms with Crippen LogP contribution in [-0.2, 0) is 17.6 Å². The maximum Gasteiger partial charge on any atom is 0.271 e. The van der Waals surface area contributed by atoms with Crippen molar-refractivity contribution in [2.75, 3.05) is 36.9 Å². The van der Waals surface area contributed by atoms with E-state index in [0.29, 0.717) is 43.4 Å². The van der Waals surface area contributed by atoms with Crippen molar-refractivity contribution in [2.45, 2.75) is 32.6 Å². The van der Waals surface area contributed by atoms with Gasteiger partial charge in [0.25, 0.3) is 17.4 Å². The number of morpholine rings is 1. The first kappa shape index (κ1) is 26.9. The number of fused-ring (bicyclic) bond motifs is 1. The number of aryl methyl sites for hydroxylation is 2. The summed E-state index contributed by atoms with van der Waals surface area (Å²) in [6, 6.07) is 12.9. The molecule has 0 unspecified atom stereocenters. The molecule has 0 saturated carbocycles. The van der Waals surface area contributed by atoms with Crippen LogP contribution in [0.25, 0.3) is 11.1 Å². The van der Waals surface area contributed by atoms with Crippen molar-refractivity contribution in [1.82, 2.24) is 14.9 Å². The standard InChI is InChI=1S/C31H31N5O4S/c1-19-23(6-4-7-24(19)35-30(38)27-16-20-5-2-3-8-26(20)41-27)22-15-25(29(37)33-18-22)34-28-10-9-21(17-32-28)31(39)36-11-13-40-14-12-36/h4,6-7,9-10,15-18H,2-3,5,8,11-14H2,1H3,(H,32,34)(H,33,37)(H,35,38). The van der Waals surface area contributed by atoms with Gasteiger partial charge in [0.15, 0.2) is 0 Å². The van der Waals surface area contributed by atoms with Gasteiger partial charge in [-0.2, -0.15) is 0 Å². The molecule has 210 valence electrons. The Bertz CT molecular complexity index is 1630. The normalized spacial score (nSPS) is 14.8. The molecule has 9 nitrogen and oxygen atoms in total. The molecule has 4 heterocycles. The van der Waals surface area contributed by atoms with Gasteiger partial charge in [0.05, 0.1) is 23.7 Å². The van der Waals surface area contributed by atoms with E-state index in [1.807, 2.05) is 31.2 Å². The number of anilines is 3. The number of benzene rings is 1. The molecular formula is C31H31N5O4S. The first-order chi connectivity index (χ1) is 20.0. The lowest BCUT2D eigenvalue weighted by molar-refractivity contribution is 0.0302. The smallest absolute Gasteiger partial charge is 0.271 e. The third kappa shape index (κ3) is 5.79. The summed E-state index contributed by atoms with van der Waals surface area (Å²) in [6.45, 7) is 4.13. The molecule has 3 aromatic heterocycles. The average Bonchev–Trinajstić information content (AvgIpc) is 3.45. The Morgan fingerprint density at radius 3 is 2.66 bits per heavy atom. The Morgan fingerprint density at radius 2 is 1.88 bits per heavy atom. The van der Waals surface area contributed by atoms with Gasteiger partial charge in [0.1, 0.15) is 11.5 Å². The molecule has 2 amide bonds. The number of nitrogens with zero attached hydrogens (tertiary/aromatic N) is 2. The van der Waals surface area contributed by atoms with E-state index in [9.17, 15) is 14.4 Å². The van der Waals surface area contributed by atoms with Crippen LogP contribution < -0.4 is 16.2 Å². The number of rotatable bonds is 6. The van der Waals surface area contributed by atoms with Crippen molar-refractivity contribution >= 4 is 40.3 Å². The number of aromatic amines is 1. The lowest BCUT2D eigenvalue weighted by Gasteiger charge is -2.26. The summed E-state index contributed by atoms with van der Waals surface area (Å²) < 4.78 is 5.32. The van der Waals surface area contributed by atoms with Crippen molar-refractivity contribution in [1.29, 1.82) is 0 Å². The molecule has 3 N–H and O–H groups in total. The summed E-state index contributed by atoms with van der Waals surface area (Å²) in [5.41, 5.74) is 5.09. The van der Waals surface area contributed by atoms with Crippen LogP contribution in [0.2, 0.25) is 0 Å². The van der Waals surface area contributed by atoms with Gasteiger partial charge in [0, 0.05) is 41.6 Å². The molecule has 2 aliphatic rings. The van der Waals surface area contributed by atoms with Crippen molar-refractivity contribution in [3.63, 3.8) is 0 Å². The third-order valence-corrected chi connectivity index (χ3v) is 8.82. The largest absolute Gasteiger partial charge is 0.378 e. The number of thiophene rings is 1. The van der Waals surface area contributed by atoms with Gasteiger partial charge in [-0.05, 0) is 79.6 Å². The minimum Gasteiger partial charge on any atom is -0.378 e. The van der Waals surface area contributed by atoms with E-state index in [2.05, 4.69) is 20.6 Å². The predicted molar refractivity (Wildman–Crippen MR) is 160 cm³/mol. The van der Waals surface area contributed by atoms with Gasteiger partial charge in [0.2, 0.25) is 0 Å². The lowest BCUT2D eigenvalue weighted by Crippen LogP contribution is -2.40. The van der Waals surface area contributed by atoms with Crippen molar-refractivity contribution < 1.29 is 14.3 Å². The lowest BCUT2D eigenvalue weighted by atomic mass is 9.99. The average molecular weight is 570 g/mol. The fourth-order valence-electron chi connectivity index (χ4n) is 5.28. The molecule has 4 aromatic rings. The third-order valence-electron chi connectivity index (χ3n) is 7.59. The number of amides is 2. The number of carbonyl (C=O) groups is 2. The zero-order valence-corrected chi connectivity index (χ0v) is 23.6. The molecule has 1 aliphatic heterocycles. The predicted octanol–water partition coefficient (Wildman–Crippen LogP) is 5.15. The Labute approximate surface area is 241 Å². The fraction of sp³-hybridized carbons (Fsp3) is 0.290. The van der Waals surface area contributed by atoms with Gasteiger partial charge < -0.3 is 25.3 Å². The number of hydrogen-bond acceptors (Lipinski definition) is 7. The maximum atomic E-state index is 13.1. The van der Waals surface area contributed by atoms with Crippen LogP contribution in [0.1, 0.15) is 48.9 Å². The molecule has 41 heavy (non-hydrogen) atoms. The molecular weight excluding hydrogens is 538 g/mol. The molecule has 6 rings (SSSR count). The number of carbonyl (C=O) groups excluding carboxylic acids is 2. The van der Waals surface area contributed by atoms with Gasteiger partial charge in [-0.15, -0.1) is 11.3 Å². The summed E-state index contributed by atoms with van der Waals surface area (Å²) in [5, 5.41) is 6.16. The van der Waals surface area contributed by atoms with E-state index in [0.717, 1.165) is 40.1 Å². The topological polar surface area (TPSA) is 116 Å². The fourth-order valence-corrected chi connectivity index (χ4v) is 6.43. The van der Waals surface area contributed by atoms with E-state index in [1.54, 1.807) is 40.6 Å². The first-order valence-electron chi connectivity index (χ1n) is 13.8. The summed E-state index contributed by atoms with van der Waals surface area (Å²) >= 11 is 1.59. The van der Waals surface area contributed by atoms with Crippen LogP contribution in [0.15, 0.2) is 59.7 Å². The number of ether oxygens (including phenoxy) is 1. The minimum absolute atomic E-state index is 0.0895. The molecule has 0 radical (unpaired) electrons. The number of pyridine rings is 2. The summed E-state index contributed by atoms with van der Waals surface area (Å²) in [5.74, 6) is 0.256. The number of H-pyrrole nitrogens is 1. The molecule has 0 bridgehead atoms. The Hall–Kier alpha value is -4.28. The van der Waals surface area contributed by atoms with Crippen LogP contribution >= 0.6 is 11.3 Å². The highest BCUT2D eigenvalue weighted by atomic mass is 32.1. The second-order valence-electron chi connectivity index (χ2n) is 10.3. The minimum atomic E-state index is -0.298. The Kier molecular flexibility index (Phi) is 7.67. The number of nitrogens with one attached hydrogen (secondary N) is 3. The van der Waals surface area contributed by atoms with Gasteiger partial charge in [-0.25, -0.2) is 4.98 Å². The van der Waals surface area contributed by atoms with Crippen molar-refractivity contribution in [3.8, 4) is 11.1 Å². The van der Waals surface area contributed by atoms with Crippen LogP contribution in [0, 0.1) is 6.92 Å². The van der Waals surface area contributed by atoms with Crippen LogP contribution in [0.4, 0.5) is 17.2 Å². The highest BCUT2D eigenvalue weighted by molar-refractivity contribution is 7.14. The number of aromatic nitrogens is 2. The van der Waals surface area contributed by atoms with Crippen LogP contribution in [-0.4, -0.2) is 53.0 Å². The second-order valence-corrected chi connectivity index (χ2v) is 11.4. The molecule has 1 fully saturated rings. The maximum absolute atomic E-state index is 13.1. The monoisotopic (exact) mass is 569 g/mol. The van der Waals surface area contributed by atoms with Crippen LogP contribution in [0.3, 0.4) is 0 Å². The van der Waals surface area contributed by atoms with Gasteiger partial charge >= 0.3 is 0 Å². The van der Waals surface area contributed by atoms with E-state index in [1.165, 1.54) is 29.5 Å². The van der Waals surface area contributed by atoms with Gasteiger partial charge in [-0.1, -0.05) is 12.1 Å². The summed E-state index contributed by atoms with van der Waals surface area (Å²) in [7, 11) is 0. The van der Waals surface area contributed by atoms with E-state index < -0.39 is 0 Å². The van der Waals surface area contributed by atoms with E-state index >= 15 is 0 Å². The van der Waals surface area contributed by atoms with E-state index in [-0.39, 0.29) is 17.4 Å². The SMILES string of the molecule is Cc1c(NC(=O)c2cc3c(s2)CCCC3)cccc1-c1c[nH]c(=O)c(Nc2ccc(C(=O)N3CCOCC3)cn2)c1. The second kappa shape index (κ2) is 11.7. The zero-order chi connectivity index (χ0) is 28.3. The van der Waals surface area contributed by atoms with Crippen molar-refractivity contribution in [3.05, 3.63) is 91.7 Å². The molecule has 1 aromatic carbocycles. The quantitative estimate of drug-likeness (QED) is 0.296. The molecule has 0 atom stereocenters. The van der Waals surface area contributed by atoms with Gasteiger partial charge in [-0.3, -0.25) is 14.4 Å². The number of hydrogen-bond donors (Lipinski definition) is 3. The molecule has 1 aliphatic carbocycles. The van der Waals surface area contributed by atoms with Crippen LogP contribution in [0.5, 0.6) is 0 Å². The first-order valence-corrected chi connectivity index (χ1v) is 14.6. The summed E-state index contributed by atoms with van der Waals surface area (Å²) in [6.07, 6.45) is 7.63. The zero-order valence-electron chi connectivity index (χ0n) is 22.8. The highest BCUT2D eigenvalue weighted by Gasteiger charge is 2.20. The molecule has 1 saturated heterocycles. The van der Waals surface area contributed by atoms with Crippen molar-refractivity contribution in [2.24, 2.45) is 0 Å².